The van der Waals surface area contributed by atoms with E-state index in [2.05, 4.69) is 10.2 Å². The molecule has 0 unspecified atom stereocenters. The van der Waals surface area contributed by atoms with Crippen molar-refractivity contribution in [1.29, 1.82) is 0 Å². The van der Waals surface area contributed by atoms with E-state index in [0.29, 0.717) is 11.3 Å². The molecule has 4 heteroatoms. The van der Waals surface area contributed by atoms with Gasteiger partial charge >= 0.3 is 5.97 Å². The summed E-state index contributed by atoms with van der Waals surface area (Å²) in [4.78, 5) is 11.2. The molecular formula is C9H12N2O2. The third-order valence-electron chi connectivity index (χ3n) is 1.81. The molecule has 70 valence electrons. The molecule has 0 aromatic heterocycles. The smallest absolute Gasteiger partial charge is 0.338 e. The highest BCUT2D eigenvalue weighted by atomic mass is 16.5. The van der Waals surface area contributed by atoms with Crippen molar-refractivity contribution in [1.82, 2.24) is 0 Å². The quantitative estimate of drug-likeness (QED) is 0.406. The Morgan fingerprint density at radius 3 is 2.77 bits per heavy atom. The van der Waals surface area contributed by atoms with Gasteiger partial charge in [-0.05, 0) is 24.6 Å². The predicted octanol–water partition coefficient (Wildman–Crippen LogP) is 1.07. The molecule has 0 amide bonds. The number of ether oxygens (including phenoxy) is 1. The minimum Gasteiger partial charge on any atom is -0.465 e. The van der Waals surface area contributed by atoms with Gasteiger partial charge in [-0.3, -0.25) is 5.84 Å². The lowest BCUT2D eigenvalue weighted by molar-refractivity contribution is 0.0600. The number of carbonyl (C=O) groups excluding carboxylic acids is 1. The molecule has 0 saturated heterocycles. The highest BCUT2D eigenvalue weighted by Crippen LogP contribution is 2.14. The highest BCUT2D eigenvalue weighted by molar-refractivity contribution is 5.92. The first kappa shape index (κ1) is 9.54. The second kappa shape index (κ2) is 3.91. The van der Waals surface area contributed by atoms with Gasteiger partial charge in [-0.15, -0.1) is 0 Å². The van der Waals surface area contributed by atoms with Crippen molar-refractivity contribution < 1.29 is 9.53 Å². The number of methoxy groups -OCH3 is 1. The van der Waals surface area contributed by atoms with E-state index in [1.807, 2.05) is 6.92 Å². The summed E-state index contributed by atoms with van der Waals surface area (Å²) < 4.78 is 4.61. The van der Waals surface area contributed by atoms with Gasteiger partial charge in [-0.2, -0.15) is 0 Å². The van der Waals surface area contributed by atoms with Crippen LogP contribution in [-0.4, -0.2) is 13.1 Å². The Balaban J connectivity index is 3.11. The van der Waals surface area contributed by atoms with Crippen LogP contribution in [0.1, 0.15) is 15.9 Å². The largest absolute Gasteiger partial charge is 0.465 e. The SMILES string of the molecule is COC(=O)c1cc(NN)ccc1C. The van der Waals surface area contributed by atoms with Crippen LogP contribution >= 0.6 is 0 Å². The van der Waals surface area contributed by atoms with Crippen molar-refractivity contribution in [2.45, 2.75) is 6.92 Å². The molecule has 1 aromatic rings. The molecule has 3 N–H and O–H groups in total. The number of hydrazine groups is 1. The number of nitrogen functional groups attached to an aromatic ring is 1. The fourth-order valence-corrected chi connectivity index (χ4v) is 1.04. The van der Waals surface area contributed by atoms with Crippen LogP contribution in [0, 0.1) is 6.92 Å². The predicted molar refractivity (Wildman–Crippen MR) is 50.3 cm³/mol. The summed E-state index contributed by atoms with van der Waals surface area (Å²) in [6, 6.07) is 5.25. The maximum Gasteiger partial charge on any atom is 0.338 e. The lowest BCUT2D eigenvalue weighted by Crippen LogP contribution is -2.09. The normalized spacial score (nSPS) is 9.46. The van der Waals surface area contributed by atoms with E-state index in [1.165, 1.54) is 7.11 Å². The number of benzene rings is 1. The van der Waals surface area contributed by atoms with Crippen LogP contribution in [0.15, 0.2) is 18.2 Å². The van der Waals surface area contributed by atoms with Crippen LogP contribution in [0.2, 0.25) is 0 Å². The fraction of sp³-hybridized carbons (Fsp3) is 0.222. The summed E-state index contributed by atoms with van der Waals surface area (Å²) in [5, 5.41) is 0. The van der Waals surface area contributed by atoms with Gasteiger partial charge in [-0.25, -0.2) is 4.79 Å². The number of aryl methyl sites for hydroxylation is 1. The van der Waals surface area contributed by atoms with E-state index in [-0.39, 0.29) is 5.97 Å². The monoisotopic (exact) mass is 180 g/mol. The maximum absolute atomic E-state index is 11.2. The fourth-order valence-electron chi connectivity index (χ4n) is 1.04. The van der Waals surface area contributed by atoms with Crippen molar-refractivity contribution >= 4 is 11.7 Å². The molecule has 0 aliphatic carbocycles. The molecule has 0 bridgehead atoms. The zero-order chi connectivity index (χ0) is 9.84. The van der Waals surface area contributed by atoms with Crippen molar-refractivity contribution in [3.05, 3.63) is 29.3 Å². The van der Waals surface area contributed by atoms with Gasteiger partial charge in [0.2, 0.25) is 0 Å². The number of hydrogen-bond acceptors (Lipinski definition) is 4. The zero-order valence-corrected chi connectivity index (χ0v) is 7.63. The number of rotatable bonds is 2. The van der Waals surface area contributed by atoms with Crippen LogP contribution in [0.4, 0.5) is 5.69 Å². The van der Waals surface area contributed by atoms with Gasteiger partial charge in [0, 0.05) is 5.69 Å². The van der Waals surface area contributed by atoms with E-state index in [4.69, 9.17) is 5.84 Å². The molecule has 0 heterocycles. The Morgan fingerprint density at radius 2 is 2.23 bits per heavy atom. The van der Waals surface area contributed by atoms with E-state index < -0.39 is 0 Å². The maximum atomic E-state index is 11.2. The zero-order valence-electron chi connectivity index (χ0n) is 7.63. The first-order valence-corrected chi connectivity index (χ1v) is 3.84. The van der Waals surface area contributed by atoms with Crippen LogP contribution in [-0.2, 0) is 4.74 Å². The first-order chi connectivity index (χ1) is 6.19. The van der Waals surface area contributed by atoms with Gasteiger partial charge in [0.15, 0.2) is 0 Å². The van der Waals surface area contributed by atoms with Crippen molar-refractivity contribution in [2.75, 3.05) is 12.5 Å². The Bertz CT molecular complexity index is 323. The van der Waals surface area contributed by atoms with Gasteiger partial charge < -0.3 is 10.2 Å². The molecule has 1 rings (SSSR count). The molecule has 4 nitrogen and oxygen atoms in total. The Hall–Kier alpha value is -1.55. The van der Waals surface area contributed by atoms with Gasteiger partial charge in [0.1, 0.15) is 0 Å². The third-order valence-corrected chi connectivity index (χ3v) is 1.81. The number of hydrogen-bond donors (Lipinski definition) is 2. The molecule has 1 aromatic carbocycles. The first-order valence-electron chi connectivity index (χ1n) is 3.84. The summed E-state index contributed by atoms with van der Waals surface area (Å²) in [6.45, 7) is 1.84. The van der Waals surface area contributed by atoms with Gasteiger partial charge in [0.25, 0.3) is 0 Å². The van der Waals surface area contributed by atoms with Crippen molar-refractivity contribution in [3.8, 4) is 0 Å². The molecule has 0 fully saturated rings. The molecule has 0 aliphatic rings. The van der Waals surface area contributed by atoms with Gasteiger partial charge in [-0.1, -0.05) is 6.07 Å². The Kier molecular flexibility index (Phi) is 2.87. The standard InChI is InChI=1S/C9H12N2O2/c1-6-3-4-7(11-10)5-8(6)9(12)13-2/h3-5,11H,10H2,1-2H3. The summed E-state index contributed by atoms with van der Waals surface area (Å²) in [5.41, 5.74) is 4.54. The molecule has 0 aliphatic heterocycles. The minimum atomic E-state index is -0.352. The summed E-state index contributed by atoms with van der Waals surface area (Å²) in [6.07, 6.45) is 0. The lowest BCUT2D eigenvalue weighted by atomic mass is 10.1. The second-order valence-corrected chi connectivity index (χ2v) is 2.67. The minimum absolute atomic E-state index is 0.352. The van der Waals surface area contributed by atoms with Gasteiger partial charge in [0.05, 0.1) is 12.7 Å². The summed E-state index contributed by atoms with van der Waals surface area (Å²) >= 11 is 0. The van der Waals surface area contributed by atoms with E-state index in [1.54, 1.807) is 18.2 Å². The summed E-state index contributed by atoms with van der Waals surface area (Å²) in [5.74, 6) is 4.86. The second-order valence-electron chi connectivity index (χ2n) is 2.67. The third kappa shape index (κ3) is 1.97. The molecule has 0 radical (unpaired) electrons. The number of esters is 1. The molecule has 0 atom stereocenters. The Morgan fingerprint density at radius 1 is 1.54 bits per heavy atom. The van der Waals surface area contributed by atoms with Crippen LogP contribution in [0.5, 0.6) is 0 Å². The van der Waals surface area contributed by atoms with Crippen molar-refractivity contribution in [3.63, 3.8) is 0 Å². The molecule has 0 saturated carbocycles. The van der Waals surface area contributed by atoms with Crippen molar-refractivity contribution in [2.24, 2.45) is 5.84 Å². The lowest BCUT2D eigenvalue weighted by Gasteiger charge is -2.06. The molecular weight excluding hydrogens is 168 g/mol. The van der Waals surface area contributed by atoms with Crippen LogP contribution in [0.25, 0.3) is 0 Å². The van der Waals surface area contributed by atoms with Crippen LogP contribution in [0.3, 0.4) is 0 Å². The van der Waals surface area contributed by atoms with E-state index in [9.17, 15) is 4.79 Å². The number of nitrogens with one attached hydrogen (secondary N) is 1. The average Bonchev–Trinajstić information content (AvgIpc) is 2.17. The molecule has 13 heavy (non-hydrogen) atoms. The topological polar surface area (TPSA) is 64.3 Å². The van der Waals surface area contributed by atoms with E-state index in [0.717, 1.165) is 5.56 Å². The number of anilines is 1. The Labute approximate surface area is 76.7 Å². The average molecular weight is 180 g/mol. The highest BCUT2D eigenvalue weighted by Gasteiger charge is 2.08. The van der Waals surface area contributed by atoms with Crippen LogP contribution < -0.4 is 11.3 Å². The molecule has 0 spiro atoms. The summed E-state index contributed by atoms with van der Waals surface area (Å²) in [7, 11) is 1.35. The number of carbonyl (C=O) groups is 1. The van der Waals surface area contributed by atoms with E-state index >= 15 is 0 Å². The number of nitrogens with two attached hydrogens (primary N) is 1.